The number of aromatic nitrogens is 3. The third-order valence-corrected chi connectivity index (χ3v) is 5.11. The number of benzene rings is 2. The minimum Gasteiger partial charge on any atom is -0.497 e. The first-order valence-electron chi connectivity index (χ1n) is 9.76. The van der Waals surface area contributed by atoms with Crippen molar-refractivity contribution in [1.82, 2.24) is 15.2 Å². The third kappa shape index (κ3) is 4.18. The van der Waals surface area contributed by atoms with Crippen molar-refractivity contribution in [1.29, 1.82) is 0 Å². The molecule has 2 aromatic carbocycles. The van der Waals surface area contributed by atoms with E-state index in [0.717, 1.165) is 39.4 Å². The number of aliphatic hydroxyl groups excluding tert-OH is 1. The lowest BCUT2D eigenvalue weighted by Gasteiger charge is -2.15. The highest BCUT2D eigenvalue weighted by Crippen LogP contribution is 2.27. The van der Waals surface area contributed by atoms with Crippen LogP contribution in [0.25, 0.3) is 11.3 Å². The van der Waals surface area contributed by atoms with E-state index >= 15 is 0 Å². The van der Waals surface area contributed by atoms with Gasteiger partial charge < -0.3 is 15.2 Å². The van der Waals surface area contributed by atoms with Gasteiger partial charge >= 0.3 is 0 Å². The van der Waals surface area contributed by atoms with Crippen molar-refractivity contribution in [2.45, 2.75) is 19.6 Å². The molecule has 0 spiro atoms. The molecular formula is C24H24N4O2. The number of nitrogens with one attached hydrogen (secondary N) is 2. The number of aliphatic hydroxyl groups is 1. The van der Waals surface area contributed by atoms with Gasteiger partial charge in [-0.25, -0.2) is 0 Å². The Morgan fingerprint density at radius 3 is 2.67 bits per heavy atom. The van der Waals surface area contributed by atoms with E-state index in [1.165, 1.54) is 0 Å². The molecule has 1 atom stereocenters. The van der Waals surface area contributed by atoms with Crippen LogP contribution in [0.4, 0.5) is 5.69 Å². The van der Waals surface area contributed by atoms with Crippen molar-refractivity contribution in [3.05, 3.63) is 95.4 Å². The van der Waals surface area contributed by atoms with Gasteiger partial charge in [0.2, 0.25) is 0 Å². The lowest BCUT2D eigenvalue weighted by Crippen LogP contribution is -2.05. The van der Waals surface area contributed by atoms with Crippen LogP contribution in [0.1, 0.15) is 28.5 Å². The van der Waals surface area contributed by atoms with Gasteiger partial charge in [-0.15, -0.1) is 0 Å². The van der Waals surface area contributed by atoms with Crippen LogP contribution in [0.3, 0.4) is 0 Å². The summed E-state index contributed by atoms with van der Waals surface area (Å²) < 4.78 is 5.23. The highest BCUT2D eigenvalue weighted by molar-refractivity contribution is 5.64. The lowest BCUT2D eigenvalue weighted by atomic mass is 10.0. The van der Waals surface area contributed by atoms with Gasteiger partial charge in [0.15, 0.2) is 0 Å². The molecule has 0 aliphatic rings. The van der Waals surface area contributed by atoms with E-state index < -0.39 is 6.10 Å². The Kier molecular flexibility index (Phi) is 5.77. The fourth-order valence-electron chi connectivity index (χ4n) is 3.35. The second-order valence-electron chi connectivity index (χ2n) is 7.08. The van der Waals surface area contributed by atoms with E-state index in [-0.39, 0.29) is 0 Å². The van der Waals surface area contributed by atoms with Crippen LogP contribution in [-0.4, -0.2) is 27.4 Å². The van der Waals surface area contributed by atoms with Crippen molar-refractivity contribution in [3.8, 4) is 17.0 Å². The Balaban J connectivity index is 1.52. The molecule has 2 aromatic heterocycles. The van der Waals surface area contributed by atoms with Gasteiger partial charge in [-0.3, -0.25) is 10.1 Å². The van der Waals surface area contributed by atoms with Gasteiger partial charge in [-0.05, 0) is 60.5 Å². The van der Waals surface area contributed by atoms with Gasteiger partial charge in [0.1, 0.15) is 11.9 Å². The molecule has 3 N–H and O–H groups in total. The Hall–Kier alpha value is -3.64. The maximum absolute atomic E-state index is 10.7. The number of aryl methyl sites for hydroxylation is 1. The molecule has 0 saturated carbocycles. The number of nitrogens with zero attached hydrogens (tertiary/aromatic N) is 2. The summed E-state index contributed by atoms with van der Waals surface area (Å²) in [5.41, 5.74) is 6.54. The molecular weight excluding hydrogens is 376 g/mol. The molecule has 0 unspecified atom stereocenters. The summed E-state index contributed by atoms with van der Waals surface area (Å²) in [5.74, 6) is 0.817. The van der Waals surface area contributed by atoms with E-state index in [0.29, 0.717) is 12.2 Å². The SMILES string of the molecule is COc1ccc(-c2[nH]ncc2CNc2cc([C@H](O)c3ccccn3)ccc2C)cc1. The number of anilines is 1. The Morgan fingerprint density at radius 1 is 1.10 bits per heavy atom. The summed E-state index contributed by atoms with van der Waals surface area (Å²) in [6.45, 7) is 2.64. The molecule has 0 bridgehead atoms. The maximum atomic E-state index is 10.7. The van der Waals surface area contributed by atoms with E-state index in [9.17, 15) is 5.11 Å². The third-order valence-electron chi connectivity index (χ3n) is 5.11. The van der Waals surface area contributed by atoms with Gasteiger partial charge in [0.05, 0.1) is 24.7 Å². The summed E-state index contributed by atoms with van der Waals surface area (Å²) in [4.78, 5) is 4.26. The van der Waals surface area contributed by atoms with E-state index in [1.54, 1.807) is 13.3 Å². The predicted molar refractivity (Wildman–Crippen MR) is 117 cm³/mol. The van der Waals surface area contributed by atoms with Crippen LogP contribution >= 0.6 is 0 Å². The predicted octanol–water partition coefficient (Wildman–Crippen LogP) is 4.48. The second kappa shape index (κ2) is 8.80. The monoisotopic (exact) mass is 400 g/mol. The zero-order chi connectivity index (χ0) is 20.9. The van der Waals surface area contributed by atoms with Crippen LogP contribution in [0.15, 0.2) is 73.1 Å². The quantitative estimate of drug-likeness (QED) is 0.426. The average molecular weight is 400 g/mol. The standard InChI is InChI=1S/C24H24N4O2/c1-16-6-7-18(24(29)21-5-3-4-12-25-21)13-22(16)26-14-19-15-27-28-23(19)17-8-10-20(30-2)11-9-17/h3-13,15,24,26,29H,14H2,1-2H3,(H,27,28)/t24-/m0/s1. The van der Waals surface area contributed by atoms with Crippen molar-refractivity contribution in [2.24, 2.45) is 0 Å². The fourth-order valence-corrected chi connectivity index (χ4v) is 3.35. The molecule has 152 valence electrons. The topological polar surface area (TPSA) is 83.1 Å². The highest BCUT2D eigenvalue weighted by Gasteiger charge is 2.14. The summed E-state index contributed by atoms with van der Waals surface area (Å²) >= 11 is 0. The molecule has 0 radical (unpaired) electrons. The largest absolute Gasteiger partial charge is 0.497 e. The zero-order valence-electron chi connectivity index (χ0n) is 17.0. The molecule has 0 aliphatic heterocycles. The Labute approximate surface area is 175 Å². The first kappa shape index (κ1) is 19.7. The number of pyridine rings is 1. The summed E-state index contributed by atoms with van der Waals surface area (Å²) in [6, 6.07) is 19.3. The molecule has 0 amide bonds. The smallest absolute Gasteiger partial charge is 0.121 e. The maximum Gasteiger partial charge on any atom is 0.121 e. The number of methoxy groups -OCH3 is 1. The van der Waals surface area contributed by atoms with Gasteiger partial charge in [-0.2, -0.15) is 5.10 Å². The van der Waals surface area contributed by atoms with Crippen LogP contribution in [0, 0.1) is 6.92 Å². The zero-order valence-corrected chi connectivity index (χ0v) is 17.0. The number of hydrogen-bond donors (Lipinski definition) is 3. The molecule has 0 aliphatic carbocycles. The van der Waals surface area contributed by atoms with Crippen molar-refractivity contribution >= 4 is 5.69 Å². The lowest BCUT2D eigenvalue weighted by molar-refractivity contribution is 0.215. The Morgan fingerprint density at radius 2 is 1.93 bits per heavy atom. The molecule has 0 saturated heterocycles. The number of aromatic amines is 1. The minimum atomic E-state index is -0.767. The number of H-pyrrole nitrogens is 1. The molecule has 2 heterocycles. The minimum absolute atomic E-state index is 0.599. The van der Waals surface area contributed by atoms with Crippen LogP contribution in [0.2, 0.25) is 0 Å². The van der Waals surface area contributed by atoms with Crippen LogP contribution in [0.5, 0.6) is 5.75 Å². The molecule has 0 fully saturated rings. The molecule has 6 heteroatoms. The Bertz CT molecular complexity index is 1110. The van der Waals surface area contributed by atoms with Crippen molar-refractivity contribution < 1.29 is 9.84 Å². The molecule has 4 rings (SSSR count). The number of hydrogen-bond acceptors (Lipinski definition) is 5. The molecule has 6 nitrogen and oxygen atoms in total. The fraction of sp³-hybridized carbons (Fsp3) is 0.167. The first-order chi connectivity index (χ1) is 14.7. The van der Waals surface area contributed by atoms with E-state index in [4.69, 9.17) is 4.74 Å². The van der Waals surface area contributed by atoms with Crippen molar-refractivity contribution in [2.75, 3.05) is 12.4 Å². The number of ether oxygens (including phenoxy) is 1. The summed E-state index contributed by atoms with van der Waals surface area (Å²) in [6.07, 6.45) is 2.75. The average Bonchev–Trinajstić information content (AvgIpc) is 3.27. The van der Waals surface area contributed by atoms with Crippen LogP contribution < -0.4 is 10.1 Å². The van der Waals surface area contributed by atoms with Gasteiger partial charge in [0, 0.05) is 29.6 Å². The molecule has 30 heavy (non-hydrogen) atoms. The van der Waals surface area contributed by atoms with Gasteiger partial charge in [-0.1, -0.05) is 18.2 Å². The van der Waals surface area contributed by atoms with Gasteiger partial charge in [0.25, 0.3) is 0 Å². The summed E-state index contributed by atoms with van der Waals surface area (Å²) in [5, 5.41) is 21.5. The highest BCUT2D eigenvalue weighted by atomic mass is 16.5. The molecule has 4 aromatic rings. The van der Waals surface area contributed by atoms with Crippen molar-refractivity contribution in [3.63, 3.8) is 0 Å². The van der Waals surface area contributed by atoms with E-state index in [1.807, 2.05) is 73.8 Å². The normalized spacial score (nSPS) is 11.8. The summed E-state index contributed by atoms with van der Waals surface area (Å²) in [7, 11) is 1.65. The van der Waals surface area contributed by atoms with E-state index in [2.05, 4.69) is 20.5 Å². The van der Waals surface area contributed by atoms with Crippen LogP contribution in [-0.2, 0) is 6.54 Å². The second-order valence-corrected chi connectivity index (χ2v) is 7.08. The number of rotatable bonds is 7. The first-order valence-corrected chi connectivity index (χ1v) is 9.76.